The van der Waals surface area contributed by atoms with E-state index in [0.29, 0.717) is 17.1 Å². The Morgan fingerprint density at radius 2 is 2.08 bits per heavy atom. The largest absolute Gasteiger partial charge is 0.493 e. The number of aryl methyl sites for hydroxylation is 1. The van der Waals surface area contributed by atoms with Crippen LogP contribution in [0.25, 0.3) is 0 Å². The lowest BCUT2D eigenvalue weighted by atomic mass is 10.2. The minimum Gasteiger partial charge on any atom is -0.493 e. The van der Waals surface area contributed by atoms with Crippen molar-refractivity contribution in [1.29, 1.82) is 0 Å². The van der Waals surface area contributed by atoms with E-state index in [-0.39, 0.29) is 13.2 Å². The van der Waals surface area contributed by atoms with E-state index in [1.807, 2.05) is 12.3 Å². The Bertz CT molecular complexity index is 729. The van der Waals surface area contributed by atoms with Gasteiger partial charge in [-0.1, -0.05) is 6.92 Å². The Balaban J connectivity index is 2.01. The first-order valence-corrected chi connectivity index (χ1v) is 8.11. The van der Waals surface area contributed by atoms with Crippen LogP contribution >= 0.6 is 11.3 Å². The van der Waals surface area contributed by atoms with Crippen molar-refractivity contribution in [2.75, 3.05) is 13.7 Å². The third-order valence-electron chi connectivity index (χ3n) is 3.02. The summed E-state index contributed by atoms with van der Waals surface area (Å²) in [6.45, 7) is 1.85. The van der Waals surface area contributed by atoms with Gasteiger partial charge in [-0.15, -0.1) is 11.3 Å². The fourth-order valence-corrected chi connectivity index (χ4v) is 2.59. The number of benzene rings is 1. The number of amides is 1. The molecule has 0 bridgehead atoms. The summed E-state index contributed by atoms with van der Waals surface area (Å²) in [6, 6.07) is 4.53. The van der Waals surface area contributed by atoms with E-state index >= 15 is 0 Å². The van der Waals surface area contributed by atoms with Crippen LogP contribution in [0.15, 0.2) is 23.6 Å². The van der Waals surface area contributed by atoms with Gasteiger partial charge in [-0.25, -0.2) is 9.78 Å². The molecule has 0 atom stereocenters. The first-order chi connectivity index (χ1) is 11.5. The second kappa shape index (κ2) is 8.30. The van der Waals surface area contributed by atoms with Crippen LogP contribution in [0.2, 0.25) is 0 Å². The molecule has 128 valence electrons. The number of carbonyl (C=O) groups excluding carboxylic acids is 2. The summed E-state index contributed by atoms with van der Waals surface area (Å²) in [6.07, 6.45) is 0.850. The summed E-state index contributed by atoms with van der Waals surface area (Å²) in [7, 11) is 1.43. The van der Waals surface area contributed by atoms with Gasteiger partial charge in [0.15, 0.2) is 18.1 Å². The molecule has 0 saturated carbocycles. The average molecular weight is 350 g/mol. The molecular weight excluding hydrogens is 332 g/mol. The van der Waals surface area contributed by atoms with Gasteiger partial charge in [-0.05, 0) is 24.6 Å². The molecule has 0 spiro atoms. The fourth-order valence-electron chi connectivity index (χ4n) is 1.86. The smallest absolute Gasteiger partial charge is 0.338 e. The SMILES string of the molecule is CCc1nc(COC(=O)c2ccc(OCC(N)=O)c(OC)c2)cs1. The zero-order chi connectivity index (χ0) is 17.5. The topological polar surface area (TPSA) is 101 Å². The average Bonchev–Trinajstić information content (AvgIpc) is 3.05. The number of aromatic nitrogens is 1. The maximum atomic E-state index is 12.1. The molecule has 0 aliphatic rings. The van der Waals surface area contributed by atoms with E-state index in [1.165, 1.54) is 36.6 Å². The molecule has 2 N–H and O–H groups in total. The molecule has 0 aliphatic carbocycles. The first-order valence-electron chi connectivity index (χ1n) is 7.23. The summed E-state index contributed by atoms with van der Waals surface area (Å²) in [5.74, 6) is -0.469. The van der Waals surface area contributed by atoms with Gasteiger partial charge in [0.1, 0.15) is 6.61 Å². The first kappa shape index (κ1) is 17.7. The number of hydrogen-bond acceptors (Lipinski definition) is 7. The molecule has 1 heterocycles. The number of thiazole rings is 1. The van der Waals surface area contributed by atoms with Gasteiger partial charge in [0.2, 0.25) is 0 Å². The van der Waals surface area contributed by atoms with Crippen molar-refractivity contribution in [3.8, 4) is 11.5 Å². The zero-order valence-corrected chi connectivity index (χ0v) is 14.2. The summed E-state index contributed by atoms with van der Waals surface area (Å²) >= 11 is 1.54. The van der Waals surface area contributed by atoms with E-state index in [9.17, 15) is 9.59 Å². The normalized spacial score (nSPS) is 10.2. The molecule has 2 rings (SSSR count). The summed E-state index contributed by atoms with van der Waals surface area (Å²) in [4.78, 5) is 27.2. The third kappa shape index (κ3) is 4.69. The predicted octanol–water partition coefficient (Wildman–Crippen LogP) is 1.94. The van der Waals surface area contributed by atoms with Gasteiger partial charge < -0.3 is 19.9 Å². The number of rotatable bonds is 8. The minimum absolute atomic E-state index is 0.109. The van der Waals surface area contributed by atoms with E-state index in [1.54, 1.807) is 0 Å². The van der Waals surface area contributed by atoms with Crippen LogP contribution in [0.1, 0.15) is 28.0 Å². The van der Waals surface area contributed by atoms with E-state index in [4.69, 9.17) is 19.9 Å². The number of hydrogen-bond donors (Lipinski definition) is 1. The molecule has 8 heteroatoms. The zero-order valence-electron chi connectivity index (χ0n) is 13.4. The van der Waals surface area contributed by atoms with Crippen molar-refractivity contribution in [3.63, 3.8) is 0 Å². The highest BCUT2D eigenvalue weighted by Gasteiger charge is 2.14. The van der Waals surface area contributed by atoms with Gasteiger partial charge in [-0.2, -0.15) is 0 Å². The van der Waals surface area contributed by atoms with Crippen molar-refractivity contribution in [3.05, 3.63) is 39.8 Å². The quantitative estimate of drug-likeness (QED) is 0.730. The van der Waals surface area contributed by atoms with Crippen LogP contribution in [0.3, 0.4) is 0 Å². The van der Waals surface area contributed by atoms with Gasteiger partial charge in [0.25, 0.3) is 5.91 Å². The lowest BCUT2D eigenvalue weighted by Crippen LogP contribution is -2.20. The summed E-state index contributed by atoms with van der Waals surface area (Å²) in [5.41, 5.74) is 6.06. The van der Waals surface area contributed by atoms with Gasteiger partial charge in [-0.3, -0.25) is 4.79 Å². The molecule has 0 aliphatic heterocycles. The predicted molar refractivity (Wildman–Crippen MR) is 88.3 cm³/mol. The molecular formula is C16H18N2O5S. The number of carbonyl (C=O) groups is 2. The van der Waals surface area contributed by atoms with Crippen LogP contribution in [0, 0.1) is 0 Å². The Kier molecular flexibility index (Phi) is 6.14. The summed E-state index contributed by atoms with van der Waals surface area (Å²) < 4.78 is 15.6. The monoisotopic (exact) mass is 350 g/mol. The van der Waals surface area contributed by atoms with Crippen molar-refractivity contribution in [1.82, 2.24) is 4.98 Å². The Morgan fingerprint density at radius 3 is 2.71 bits per heavy atom. The van der Waals surface area contributed by atoms with Crippen molar-refractivity contribution < 1.29 is 23.8 Å². The van der Waals surface area contributed by atoms with Crippen LogP contribution in [0.4, 0.5) is 0 Å². The van der Waals surface area contributed by atoms with Crippen LogP contribution < -0.4 is 15.2 Å². The molecule has 0 unspecified atom stereocenters. The molecule has 7 nitrogen and oxygen atoms in total. The van der Waals surface area contributed by atoms with Crippen molar-refractivity contribution >= 4 is 23.2 Å². The van der Waals surface area contributed by atoms with Crippen LogP contribution in [0.5, 0.6) is 11.5 Å². The van der Waals surface area contributed by atoms with Crippen LogP contribution in [-0.4, -0.2) is 30.6 Å². The molecule has 24 heavy (non-hydrogen) atoms. The number of methoxy groups -OCH3 is 1. The number of esters is 1. The fraction of sp³-hybridized carbons (Fsp3) is 0.312. The standard InChI is InChI=1S/C16H18N2O5S/c1-3-15-18-11(9-24-15)7-23-16(20)10-4-5-12(13(6-10)21-2)22-8-14(17)19/h4-6,9H,3,7-8H2,1-2H3,(H2,17,19). The molecule has 1 amide bonds. The molecule has 0 radical (unpaired) electrons. The number of ether oxygens (including phenoxy) is 3. The molecule has 0 saturated heterocycles. The summed E-state index contributed by atoms with van der Waals surface area (Å²) in [5, 5.41) is 2.87. The molecule has 1 aromatic heterocycles. The molecule has 2 aromatic rings. The van der Waals surface area contributed by atoms with Crippen molar-refractivity contribution in [2.45, 2.75) is 20.0 Å². The lowest BCUT2D eigenvalue weighted by Gasteiger charge is -2.11. The molecule has 1 aromatic carbocycles. The van der Waals surface area contributed by atoms with E-state index in [2.05, 4.69) is 4.98 Å². The number of nitrogens with two attached hydrogens (primary N) is 1. The van der Waals surface area contributed by atoms with Crippen molar-refractivity contribution in [2.24, 2.45) is 5.73 Å². The van der Waals surface area contributed by atoms with Gasteiger partial charge in [0, 0.05) is 5.38 Å². The van der Waals surface area contributed by atoms with Gasteiger partial charge >= 0.3 is 5.97 Å². The Morgan fingerprint density at radius 1 is 1.29 bits per heavy atom. The van der Waals surface area contributed by atoms with Gasteiger partial charge in [0.05, 0.1) is 23.4 Å². The highest BCUT2D eigenvalue weighted by atomic mass is 32.1. The maximum absolute atomic E-state index is 12.1. The number of nitrogens with zero attached hydrogens (tertiary/aromatic N) is 1. The Hall–Kier alpha value is -2.61. The van der Waals surface area contributed by atoms with E-state index in [0.717, 1.165) is 17.1 Å². The maximum Gasteiger partial charge on any atom is 0.338 e. The lowest BCUT2D eigenvalue weighted by molar-refractivity contribution is -0.119. The minimum atomic E-state index is -0.602. The highest BCUT2D eigenvalue weighted by Crippen LogP contribution is 2.28. The Labute approximate surface area is 143 Å². The number of primary amides is 1. The third-order valence-corrected chi connectivity index (χ3v) is 4.06. The van der Waals surface area contributed by atoms with Crippen LogP contribution in [-0.2, 0) is 22.6 Å². The second-order valence-corrected chi connectivity index (χ2v) is 5.73. The van der Waals surface area contributed by atoms with E-state index < -0.39 is 11.9 Å². The highest BCUT2D eigenvalue weighted by molar-refractivity contribution is 7.09. The molecule has 0 fully saturated rings. The second-order valence-electron chi connectivity index (χ2n) is 4.78.